The van der Waals surface area contributed by atoms with Gasteiger partial charge >= 0.3 is 6.03 Å². The van der Waals surface area contributed by atoms with Crippen LogP contribution in [0.25, 0.3) is 0 Å². The second kappa shape index (κ2) is 2.28. The molecule has 3 amide bonds. The van der Waals surface area contributed by atoms with Crippen LogP contribution in [0, 0.1) is 11.8 Å². The highest BCUT2D eigenvalue weighted by Crippen LogP contribution is 2.54. The molecule has 2 saturated carbocycles. The number of hydrogen-bond donors (Lipinski definition) is 2. The average Bonchev–Trinajstić information content (AvgIpc) is 3.04. The highest BCUT2D eigenvalue weighted by atomic mass is 16.2. The summed E-state index contributed by atoms with van der Waals surface area (Å²) in [6.45, 7) is 0. The molecule has 0 atom stereocenters. The first-order valence-electron chi connectivity index (χ1n) is 5.07. The van der Waals surface area contributed by atoms with Gasteiger partial charge in [-0.2, -0.15) is 5.01 Å². The molecule has 2 aliphatic carbocycles. The summed E-state index contributed by atoms with van der Waals surface area (Å²) in [5.41, 5.74) is -0.619. The van der Waals surface area contributed by atoms with E-state index in [2.05, 4.69) is 5.32 Å². The molecule has 1 aliphatic heterocycles. The van der Waals surface area contributed by atoms with E-state index in [9.17, 15) is 9.59 Å². The van der Waals surface area contributed by atoms with Gasteiger partial charge in [-0.05, 0) is 37.5 Å². The molecular weight excluding hydrogens is 182 g/mol. The SMILES string of the molecule is NN1C(=O)NC(C2CC2)(C2CC2)C1=O. The summed E-state index contributed by atoms with van der Waals surface area (Å²) in [6.07, 6.45) is 4.15. The van der Waals surface area contributed by atoms with Crippen LogP contribution in [0.5, 0.6) is 0 Å². The van der Waals surface area contributed by atoms with Gasteiger partial charge in [0, 0.05) is 0 Å². The van der Waals surface area contributed by atoms with E-state index in [1.807, 2.05) is 0 Å². The molecular formula is C9H13N3O2. The zero-order chi connectivity index (χ0) is 9.92. The minimum Gasteiger partial charge on any atom is -0.321 e. The lowest BCUT2D eigenvalue weighted by Crippen LogP contribution is -2.51. The fraction of sp³-hybridized carbons (Fsp3) is 0.778. The monoisotopic (exact) mass is 195 g/mol. The summed E-state index contributed by atoms with van der Waals surface area (Å²) < 4.78 is 0. The van der Waals surface area contributed by atoms with E-state index >= 15 is 0 Å². The summed E-state index contributed by atoms with van der Waals surface area (Å²) in [7, 11) is 0. The van der Waals surface area contributed by atoms with Crippen molar-refractivity contribution in [1.82, 2.24) is 10.3 Å². The minimum atomic E-state index is -0.619. The van der Waals surface area contributed by atoms with E-state index in [0.717, 1.165) is 30.7 Å². The largest absolute Gasteiger partial charge is 0.339 e. The van der Waals surface area contributed by atoms with Crippen molar-refractivity contribution in [1.29, 1.82) is 0 Å². The van der Waals surface area contributed by atoms with Crippen LogP contribution in [0.3, 0.4) is 0 Å². The molecule has 3 N–H and O–H groups in total. The molecule has 0 aromatic rings. The maximum absolute atomic E-state index is 11.9. The highest BCUT2D eigenvalue weighted by Gasteiger charge is 2.65. The van der Waals surface area contributed by atoms with E-state index in [1.54, 1.807) is 0 Å². The summed E-state index contributed by atoms with van der Waals surface area (Å²) in [5, 5.41) is 3.55. The Labute approximate surface area is 81.6 Å². The Balaban J connectivity index is 1.99. The normalized spacial score (nSPS) is 30.8. The third-order valence-corrected chi connectivity index (χ3v) is 3.55. The maximum atomic E-state index is 11.9. The van der Waals surface area contributed by atoms with E-state index in [0.29, 0.717) is 11.8 Å². The van der Waals surface area contributed by atoms with Crippen molar-refractivity contribution in [3.63, 3.8) is 0 Å². The molecule has 3 fully saturated rings. The van der Waals surface area contributed by atoms with Crippen LogP contribution < -0.4 is 11.2 Å². The van der Waals surface area contributed by atoms with Crippen molar-refractivity contribution in [2.45, 2.75) is 31.2 Å². The second-order valence-electron chi connectivity index (χ2n) is 4.52. The topological polar surface area (TPSA) is 75.4 Å². The molecule has 0 aromatic heterocycles. The molecule has 3 aliphatic rings. The Hall–Kier alpha value is -1.10. The predicted molar refractivity (Wildman–Crippen MR) is 47.7 cm³/mol. The van der Waals surface area contributed by atoms with Crippen molar-refractivity contribution in [3.05, 3.63) is 0 Å². The van der Waals surface area contributed by atoms with Gasteiger partial charge in [0.2, 0.25) is 0 Å². The summed E-state index contributed by atoms with van der Waals surface area (Å²) in [5.74, 6) is 5.85. The number of carbonyl (C=O) groups is 2. The van der Waals surface area contributed by atoms with Crippen molar-refractivity contribution in [2.24, 2.45) is 17.7 Å². The Kier molecular flexibility index (Phi) is 1.34. The first-order valence-corrected chi connectivity index (χ1v) is 5.07. The molecule has 5 nitrogen and oxygen atoms in total. The number of urea groups is 1. The van der Waals surface area contributed by atoms with Crippen molar-refractivity contribution < 1.29 is 9.59 Å². The number of hydrogen-bond acceptors (Lipinski definition) is 3. The molecule has 5 heteroatoms. The molecule has 0 bridgehead atoms. The number of hydrazine groups is 1. The Morgan fingerprint density at radius 3 is 2.00 bits per heavy atom. The van der Waals surface area contributed by atoms with Crippen LogP contribution in [-0.4, -0.2) is 22.5 Å². The molecule has 1 heterocycles. The average molecular weight is 195 g/mol. The van der Waals surface area contributed by atoms with Crippen LogP contribution in [-0.2, 0) is 4.79 Å². The van der Waals surface area contributed by atoms with Gasteiger partial charge in [0.25, 0.3) is 5.91 Å². The number of nitrogens with zero attached hydrogens (tertiary/aromatic N) is 1. The Morgan fingerprint density at radius 2 is 1.71 bits per heavy atom. The Morgan fingerprint density at radius 1 is 1.21 bits per heavy atom. The van der Waals surface area contributed by atoms with E-state index in [-0.39, 0.29) is 5.91 Å². The Bertz CT molecular complexity index is 308. The smallest absolute Gasteiger partial charge is 0.321 e. The van der Waals surface area contributed by atoms with Gasteiger partial charge in [0.05, 0.1) is 0 Å². The lowest BCUT2D eigenvalue weighted by Gasteiger charge is -2.25. The van der Waals surface area contributed by atoms with Crippen molar-refractivity contribution in [3.8, 4) is 0 Å². The van der Waals surface area contributed by atoms with Gasteiger partial charge in [-0.1, -0.05) is 0 Å². The van der Waals surface area contributed by atoms with Crippen LogP contribution in [0.2, 0.25) is 0 Å². The number of carbonyl (C=O) groups excluding carboxylic acids is 2. The number of nitrogens with one attached hydrogen (secondary N) is 1. The lowest BCUT2D eigenvalue weighted by atomic mass is 9.87. The standard InChI is InChI=1S/C9H13N3O2/c10-12-7(13)9(5-1-2-5,6-3-4-6)11-8(12)14/h5-6H,1-4,10H2,(H,11,14). The highest BCUT2D eigenvalue weighted by molar-refractivity contribution is 6.07. The van der Waals surface area contributed by atoms with E-state index in [1.165, 1.54) is 0 Å². The first-order chi connectivity index (χ1) is 6.66. The molecule has 1 saturated heterocycles. The van der Waals surface area contributed by atoms with Crippen molar-refractivity contribution in [2.75, 3.05) is 0 Å². The van der Waals surface area contributed by atoms with Crippen LogP contribution in [0.4, 0.5) is 4.79 Å². The lowest BCUT2D eigenvalue weighted by molar-refractivity contribution is -0.133. The molecule has 0 unspecified atom stereocenters. The first kappa shape index (κ1) is 8.23. The zero-order valence-corrected chi connectivity index (χ0v) is 7.82. The third kappa shape index (κ3) is 0.829. The third-order valence-electron chi connectivity index (χ3n) is 3.55. The van der Waals surface area contributed by atoms with Crippen LogP contribution >= 0.6 is 0 Å². The number of imide groups is 1. The van der Waals surface area contributed by atoms with Gasteiger partial charge in [-0.3, -0.25) is 4.79 Å². The fourth-order valence-corrected chi connectivity index (χ4v) is 2.55. The summed E-state index contributed by atoms with van der Waals surface area (Å²) >= 11 is 0. The van der Waals surface area contributed by atoms with E-state index < -0.39 is 11.6 Å². The fourth-order valence-electron chi connectivity index (χ4n) is 2.55. The molecule has 76 valence electrons. The van der Waals surface area contributed by atoms with Gasteiger partial charge in [-0.15, -0.1) is 0 Å². The maximum Gasteiger partial charge on any atom is 0.339 e. The molecule has 0 aromatic carbocycles. The van der Waals surface area contributed by atoms with Gasteiger partial charge < -0.3 is 5.32 Å². The molecule has 0 spiro atoms. The predicted octanol–water partition coefficient (Wildman–Crippen LogP) is -0.0293. The zero-order valence-electron chi connectivity index (χ0n) is 7.82. The van der Waals surface area contributed by atoms with Crippen molar-refractivity contribution >= 4 is 11.9 Å². The summed E-state index contributed by atoms with van der Waals surface area (Å²) in [4.78, 5) is 23.3. The minimum absolute atomic E-state index is 0.215. The second-order valence-corrected chi connectivity index (χ2v) is 4.52. The van der Waals surface area contributed by atoms with Gasteiger partial charge in [-0.25, -0.2) is 10.6 Å². The van der Waals surface area contributed by atoms with Gasteiger partial charge in [0.1, 0.15) is 5.54 Å². The molecule has 3 rings (SSSR count). The number of rotatable bonds is 2. The molecule has 14 heavy (non-hydrogen) atoms. The number of nitrogens with two attached hydrogens (primary N) is 1. The van der Waals surface area contributed by atoms with E-state index in [4.69, 9.17) is 5.84 Å². The quantitative estimate of drug-likeness (QED) is 0.369. The molecule has 0 radical (unpaired) electrons. The van der Waals surface area contributed by atoms with Gasteiger partial charge in [0.15, 0.2) is 0 Å². The summed E-state index contributed by atoms with van der Waals surface area (Å²) in [6, 6.07) is -0.436. The van der Waals surface area contributed by atoms with Crippen LogP contribution in [0.15, 0.2) is 0 Å². The van der Waals surface area contributed by atoms with Crippen LogP contribution in [0.1, 0.15) is 25.7 Å². The number of amides is 3.